The van der Waals surface area contributed by atoms with Crippen molar-refractivity contribution < 1.29 is 17.5 Å². The molecule has 1 aromatic carbocycles. The van der Waals surface area contributed by atoms with Crippen LogP contribution in [0.25, 0.3) is 0 Å². The van der Waals surface area contributed by atoms with E-state index < -0.39 is 20.7 Å². The molecule has 2 rings (SSSR count). The molecule has 0 atom stereocenters. The van der Waals surface area contributed by atoms with Gasteiger partial charge in [-0.1, -0.05) is 6.07 Å². The number of nitrogens with zero attached hydrogens (tertiary/aromatic N) is 1. The van der Waals surface area contributed by atoms with E-state index in [1.165, 1.54) is 17.1 Å². The molecule has 0 spiro atoms. The van der Waals surface area contributed by atoms with Crippen LogP contribution in [0.2, 0.25) is 0 Å². The maximum Gasteiger partial charge on any atom is 0.258 e. The molecule has 1 fully saturated rings. The molecule has 0 unspecified atom stereocenters. The van der Waals surface area contributed by atoms with E-state index in [9.17, 15) is 12.8 Å². The minimum absolute atomic E-state index is 0.115. The lowest BCUT2D eigenvalue weighted by molar-refractivity contribution is 0.0272. The molecule has 18 heavy (non-hydrogen) atoms. The summed E-state index contributed by atoms with van der Waals surface area (Å²) >= 11 is 0. The van der Waals surface area contributed by atoms with Gasteiger partial charge in [-0.25, -0.2) is 17.8 Å². The normalized spacial score (nSPS) is 17.8. The number of hydrogen-bond acceptors (Lipinski definition) is 5. The van der Waals surface area contributed by atoms with Crippen LogP contribution in [0.1, 0.15) is 0 Å². The predicted octanol–water partition coefficient (Wildman–Crippen LogP) is -0.0666. The highest BCUT2D eigenvalue weighted by Crippen LogP contribution is 2.21. The Balaban J connectivity index is 2.25. The van der Waals surface area contributed by atoms with E-state index in [-0.39, 0.29) is 5.69 Å². The Morgan fingerprint density at radius 2 is 2.00 bits per heavy atom. The molecule has 100 valence electrons. The molecule has 0 radical (unpaired) electrons. The number of nitrogens with two attached hydrogens (primary N) is 1. The molecule has 0 aliphatic carbocycles. The lowest BCUT2D eigenvalue weighted by atomic mass is 10.3. The van der Waals surface area contributed by atoms with Crippen LogP contribution < -0.4 is 10.6 Å². The molecule has 1 aliphatic heterocycles. The summed E-state index contributed by atoms with van der Waals surface area (Å²) in [5, 5.41) is 1.46. The lowest BCUT2D eigenvalue weighted by Crippen LogP contribution is -2.48. The zero-order valence-corrected chi connectivity index (χ0v) is 10.4. The fraction of sp³-hybridized carbons (Fsp3) is 0.400. The maximum atomic E-state index is 13.6. The third-order valence-electron chi connectivity index (χ3n) is 2.53. The Hall–Kier alpha value is -1.22. The van der Waals surface area contributed by atoms with Gasteiger partial charge in [-0.15, -0.1) is 4.83 Å². The Morgan fingerprint density at radius 3 is 2.61 bits per heavy atom. The van der Waals surface area contributed by atoms with Crippen LogP contribution in [0.4, 0.5) is 10.1 Å². The van der Waals surface area contributed by atoms with Crippen LogP contribution in [0, 0.1) is 5.82 Å². The summed E-state index contributed by atoms with van der Waals surface area (Å²) in [6, 6.07) is 3.76. The highest BCUT2D eigenvalue weighted by atomic mass is 32.2. The van der Waals surface area contributed by atoms with E-state index in [1.807, 2.05) is 0 Å². The number of ether oxygens (including phenoxy) is 1. The standard InChI is InChI=1S/C10H14FN3O3S/c11-8-2-1-3-9(12)10(8)18(15,16)13-14-4-6-17-7-5-14/h1-3,13H,4-7,12H2. The Kier molecular flexibility index (Phi) is 3.81. The molecular formula is C10H14FN3O3S. The third kappa shape index (κ3) is 2.78. The average Bonchev–Trinajstić information content (AvgIpc) is 2.28. The molecule has 0 bridgehead atoms. The van der Waals surface area contributed by atoms with Crippen LogP contribution in [0.3, 0.4) is 0 Å². The summed E-state index contributed by atoms with van der Waals surface area (Å²) in [7, 11) is -4.00. The fourth-order valence-corrected chi connectivity index (χ4v) is 3.00. The van der Waals surface area contributed by atoms with Crippen LogP contribution in [-0.2, 0) is 14.8 Å². The summed E-state index contributed by atoms with van der Waals surface area (Å²) in [6.45, 7) is 1.67. The maximum absolute atomic E-state index is 13.6. The van der Waals surface area contributed by atoms with E-state index >= 15 is 0 Å². The van der Waals surface area contributed by atoms with Gasteiger partial charge in [0.25, 0.3) is 10.0 Å². The summed E-state index contributed by atoms with van der Waals surface area (Å²) in [4.78, 5) is 1.78. The Bertz CT molecular complexity index is 509. The van der Waals surface area contributed by atoms with Gasteiger partial charge < -0.3 is 10.5 Å². The van der Waals surface area contributed by atoms with Gasteiger partial charge >= 0.3 is 0 Å². The van der Waals surface area contributed by atoms with Gasteiger partial charge in [0.15, 0.2) is 0 Å². The quantitative estimate of drug-likeness (QED) is 0.755. The largest absolute Gasteiger partial charge is 0.398 e. The molecule has 6 nitrogen and oxygen atoms in total. The number of halogens is 1. The Morgan fingerprint density at radius 1 is 1.33 bits per heavy atom. The summed E-state index contributed by atoms with van der Waals surface area (Å²) in [6.07, 6.45) is 0. The monoisotopic (exact) mass is 275 g/mol. The van der Waals surface area contributed by atoms with E-state index in [0.717, 1.165) is 6.07 Å². The average molecular weight is 275 g/mol. The molecule has 0 saturated carbocycles. The van der Waals surface area contributed by atoms with Crippen LogP contribution >= 0.6 is 0 Å². The summed E-state index contributed by atoms with van der Waals surface area (Å²) in [5.41, 5.74) is 5.40. The van der Waals surface area contributed by atoms with Crippen molar-refractivity contribution in [3.8, 4) is 0 Å². The van der Waals surface area contributed by atoms with E-state index in [4.69, 9.17) is 10.5 Å². The van der Waals surface area contributed by atoms with Gasteiger partial charge in [0, 0.05) is 13.1 Å². The van der Waals surface area contributed by atoms with E-state index in [2.05, 4.69) is 4.83 Å². The molecule has 8 heteroatoms. The first kappa shape index (κ1) is 13.2. The van der Waals surface area contributed by atoms with Crippen molar-refractivity contribution in [2.45, 2.75) is 4.90 Å². The molecule has 1 saturated heterocycles. The second kappa shape index (κ2) is 5.19. The van der Waals surface area contributed by atoms with E-state index in [1.54, 1.807) is 0 Å². The number of anilines is 1. The molecule has 1 aliphatic rings. The van der Waals surface area contributed by atoms with Crippen LogP contribution in [-0.4, -0.2) is 39.7 Å². The lowest BCUT2D eigenvalue weighted by Gasteiger charge is -2.26. The van der Waals surface area contributed by atoms with Crippen molar-refractivity contribution in [1.82, 2.24) is 9.84 Å². The van der Waals surface area contributed by atoms with Gasteiger partial charge in [0.1, 0.15) is 10.7 Å². The molecule has 0 aromatic heterocycles. The first-order chi connectivity index (χ1) is 8.50. The smallest absolute Gasteiger partial charge is 0.258 e. The number of hydrogen-bond donors (Lipinski definition) is 2. The van der Waals surface area contributed by atoms with Crippen molar-refractivity contribution >= 4 is 15.7 Å². The number of benzene rings is 1. The minimum Gasteiger partial charge on any atom is -0.398 e. The van der Waals surface area contributed by atoms with Crippen molar-refractivity contribution in [2.24, 2.45) is 0 Å². The molecule has 1 aromatic rings. The molecular weight excluding hydrogens is 261 g/mol. The fourth-order valence-electron chi connectivity index (χ4n) is 1.68. The van der Waals surface area contributed by atoms with E-state index in [0.29, 0.717) is 26.3 Å². The van der Waals surface area contributed by atoms with Crippen LogP contribution in [0.5, 0.6) is 0 Å². The summed E-state index contributed by atoms with van der Waals surface area (Å²) in [5.74, 6) is -0.865. The third-order valence-corrected chi connectivity index (χ3v) is 3.99. The first-order valence-corrected chi connectivity index (χ1v) is 6.88. The SMILES string of the molecule is Nc1cccc(F)c1S(=O)(=O)NN1CCOCC1. The Labute approximate surface area is 105 Å². The van der Waals surface area contributed by atoms with Gasteiger partial charge in [0.2, 0.25) is 0 Å². The highest BCUT2D eigenvalue weighted by molar-refractivity contribution is 7.89. The van der Waals surface area contributed by atoms with Gasteiger partial charge in [-0.05, 0) is 12.1 Å². The zero-order valence-electron chi connectivity index (χ0n) is 9.60. The number of nitrogens with one attached hydrogen (secondary N) is 1. The minimum atomic E-state index is -4.00. The number of rotatable bonds is 3. The molecule has 1 heterocycles. The predicted molar refractivity (Wildman–Crippen MR) is 63.5 cm³/mol. The van der Waals surface area contributed by atoms with Crippen molar-refractivity contribution in [3.63, 3.8) is 0 Å². The van der Waals surface area contributed by atoms with Crippen molar-refractivity contribution in [1.29, 1.82) is 0 Å². The number of sulfonamides is 1. The molecule has 3 N–H and O–H groups in total. The van der Waals surface area contributed by atoms with Gasteiger partial charge in [-0.3, -0.25) is 0 Å². The zero-order chi connectivity index (χ0) is 13.2. The topological polar surface area (TPSA) is 84.7 Å². The van der Waals surface area contributed by atoms with Crippen molar-refractivity contribution in [2.75, 3.05) is 32.0 Å². The van der Waals surface area contributed by atoms with Gasteiger partial charge in [-0.2, -0.15) is 0 Å². The van der Waals surface area contributed by atoms with Crippen LogP contribution in [0.15, 0.2) is 23.1 Å². The second-order valence-electron chi connectivity index (χ2n) is 3.85. The first-order valence-electron chi connectivity index (χ1n) is 5.40. The van der Waals surface area contributed by atoms with Gasteiger partial charge in [0.05, 0.1) is 18.9 Å². The number of morpholine rings is 1. The number of nitrogen functional groups attached to an aromatic ring is 1. The second-order valence-corrected chi connectivity index (χ2v) is 5.45. The molecule has 0 amide bonds. The number of hydrazine groups is 1. The highest BCUT2D eigenvalue weighted by Gasteiger charge is 2.25. The van der Waals surface area contributed by atoms with Crippen molar-refractivity contribution in [3.05, 3.63) is 24.0 Å². The summed E-state index contributed by atoms with van der Waals surface area (Å²) < 4.78 is 42.7.